The molecule has 0 aromatic carbocycles. The molecule has 2 amide bonds. The van der Waals surface area contributed by atoms with Gasteiger partial charge in [-0.15, -0.1) is 0 Å². The first kappa shape index (κ1) is 15.8. The van der Waals surface area contributed by atoms with Gasteiger partial charge < -0.3 is 19.4 Å². The molecule has 7 nitrogen and oxygen atoms in total. The van der Waals surface area contributed by atoms with Crippen LogP contribution in [0.15, 0.2) is 12.3 Å². The third-order valence-electron chi connectivity index (χ3n) is 4.08. The van der Waals surface area contributed by atoms with Crippen LogP contribution >= 0.6 is 11.6 Å². The molecule has 3 rings (SSSR count). The normalized spacial score (nSPS) is 18.7. The molecule has 2 aliphatic rings. The highest BCUT2D eigenvalue weighted by atomic mass is 35.5. The summed E-state index contributed by atoms with van der Waals surface area (Å²) in [6.45, 7) is 5.14. The number of nitriles is 1. The summed E-state index contributed by atoms with van der Waals surface area (Å²) in [6.07, 6.45) is 1.52. The molecular weight excluding hydrogens is 318 g/mol. The number of ether oxygens (including phenoxy) is 1. The Balaban J connectivity index is 1.60. The molecule has 3 heterocycles. The number of nitrogens with zero attached hydrogens (tertiary/aromatic N) is 5. The van der Waals surface area contributed by atoms with Gasteiger partial charge in [0.25, 0.3) is 0 Å². The first-order valence-corrected chi connectivity index (χ1v) is 7.99. The van der Waals surface area contributed by atoms with Crippen LogP contribution in [0.2, 0.25) is 5.02 Å². The number of amides is 2. The summed E-state index contributed by atoms with van der Waals surface area (Å²) in [5.41, 5.74) is 0.444. The highest BCUT2D eigenvalue weighted by Crippen LogP contribution is 2.25. The number of piperazine rings is 1. The van der Waals surface area contributed by atoms with Gasteiger partial charge >= 0.3 is 6.03 Å². The minimum Gasteiger partial charge on any atom is -0.378 e. The summed E-state index contributed by atoms with van der Waals surface area (Å²) in [7, 11) is 0. The second-order valence-electron chi connectivity index (χ2n) is 5.50. The van der Waals surface area contributed by atoms with E-state index < -0.39 is 0 Å². The molecule has 122 valence electrons. The van der Waals surface area contributed by atoms with Gasteiger partial charge in [-0.25, -0.2) is 9.78 Å². The van der Waals surface area contributed by atoms with Crippen molar-refractivity contribution in [3.05, 3.63) is 22.8 Å². The van der Waals surface area contributed by atoms with Crippen LogP contribution < -0.4 is 4.90 Å². The minimum absolute atomic E-state index is 0.0758. The molecule has 8 heteroatoms. The lowest BCUT2D eigenvalue weighted by atomic mass is 10.2. The Labute approximate surface area is 140 Å². The average Bonchev–Trinajstić information content (AvgIpc) is 2.62. The highest BCUT2D eigenvalue weighted by Gasteiger charge is 2.27. The van der Waals surface area contributed by atoms with Crippen LogP contribution in [0.5, 0.6) is 0 Å². The fourth-order valence-corrected chi connectivity index (χ4v) is 3.07. The molecule has 0 unspecified atom stereocenters. The lowest BCUT2D eigenvalue weighted by Crippen LogP contribution is -2.55. The molecule has 0 aliphatic carbocycles. The second-order valence-corrected chi connectivity index (χ2v) is 5.90. The molecule has 1 aromatic rings. The largest absolute Gasteiger partial charge is 0.378 e. The number of rotatable bonds is 1. The van der Waals surface area contributed by atoms with Crippen LogP contribution in [0.4, 0.5) is 10.6 Å². The van der Waals surface area contributed by atoms with E-state index in [1.54, 1.807) is 6.07 Å². The first-order chi connectivity index (χ1) is 11.2. The van der Waals surface area contributed by atoms with Crippen LogP contribution in [-0.2, 0) is 4.74 Å². The number of anilines is 1. The fourth-order valence-electron chi connectivity index (χ4n) is 2.79. The Hall–Kier alpha value is -2.04. The van der Waals surface area contributed by atoms with E-state index in [-0.39, 0.29) is 6.03 Å². The number of morpholine rings is 1. The SMILES string of the molecule is N#Cc1cnc(N2CCN(C(=O)N3CCOCC3)CC2)c(Cl)c1. The van der Waals surface area contributed by atoms with Gasteiger partial charge in [0.05, 0.1) is 23.8 Å². The van der Waals surface area contributed by atoms with E-state index in [0.29, 0.717) is 68.9 Å². The van der Waals surface area contributed by atoms with Crippen molar-refractivity contribution in [3.8, 4) is 6.07 Å². The number of halogens is 1. The van der Waals surface area contributed by atoms with Gasteiger partial charge in [-0.2, -0.15) is 5.26 Å². The lowest BCUT2D eigenvalue weighted by molar-refractivity contribution is 0.0428. The van der Waals surface area contributed by atoms with E-state index in [1.807, 2.05) is 20.8 Å². The molecule has 0 N–H and O–H groups in total. The summed E-state index contributed by atoms with van der Waals surface area (Å²) in [5, 5.41) is 9.33. The predicted octanol–water partition coefficient (Wildman–Crippen LogP) is 1.18. The third-order valence-corrected chi connectivity index (χ3v) is 4.36. The van der Waals surface area contributed by atoms with Gasteiger partial charge in [0.2, 0.25) is 0 Å². The van der Waals surface area contributed by atoms with Gasteiger partial charge in [-0.1, -0.05) is 11.6 Å². The maximum Gasteiger partial charge on any atom is 0.320 e. The number of aromatic nitrogens is 1. The van der Waals surface area contributed by atoms with Crippen LogP contribution in [0, 0.1) is 11.3 Å². The molecule has 0 radical (unpaired) electrons. The summed E-state index contributed by atoms with van der Waals surface area (Å²) >= 11 is 6.20. The summed E-state index contributed by atoms with van der Waals surface area (Å²) in [4.78, 5) is 22.5. The summed E-state index contributed by atoms with van der Waals surface area (Å²) < 4.78 is 5.28. The van der Waals surface area contributed by atoms with Gasteiger partial charge in [-0.05, 0) is 6.07 Å². The Morgan fingerprint density at radius 3 is 2.43 bits per heavy atom. The fraction of sp³-hybridized carbons (Fsp3) is 0.533. The number of carbonyl (C=O) groups is 1. The average molecular weight is 336 g/mol. The summed E-state index contributed by atoms with van der Waals surface area (Å²) in [5.74, 6) is 0.670. The number of urea groups is 1. The maximum atomic E-state index is 12.4. The zero-order valence-electron chi connectivity index (χ0n) is 12.7. The van der Waals surface area contributed by atoms with Gasteiger partial charge in [0.1, 0.15) is 11.9 Å². The van der Waals surface area contributed by atoms with Crippen molar-refractivity contribution >= 4 is 23.4 Å². The highest BCUT2D eigenvalue weighted by molar-refractivity contribution is 6.33. The molecule has 2 aliphatic heterocycles. The Morgan fingerprint density at radius 2 is 1.83 bits per heavy atom. The van der Waals surface area contributed by atoms with Crippen molar-refractivity contribution in [2.24, 2.45) is 0 Å². The maximum absolute atomic E-state index is 12.4. The van der Waals surface area contributed by atoms with Gasteiger partial charge in [0.15, 0.2) is 0 Å². The van der Waals surface area contributed by atoms with Crippen molar-refractivity contribution in [2.75, 3.05) is 57.4 Å². The first-order valence-electron chi connectivity index (χ1n) is 7.61. The molecule has 2 fully saturated rings. The Morgan fingerprint density at radius 1 is 1.17 bits per heavy atom. The van der Waals surface area contributed by atoms with E-state index >= 15 is 0 Å². The molecule has 0 saturated carbocycles. The van der Waals surface area contributed by atoms with Gasteiger partial charge in [0, 0.05) is 45.5 Å². The molecule has 23 heavy (non-hydrogen) atoms. The third kappa shape index (κ3) is 3.49. The quantitative estimate of drug-likeness (QED) is 0.770. The Bertz CT molecular complexity index is 619. The number of hydrogen-bond donors (Lipinski definition) is 0. The van der Waals surface area contributed by atoms with Crippen LogP contribution in [0.3, 0.4) is 0 Å². The van der Waals surface area contributed by atoms with E-state index in [1.165, 1.54) is 6.20 Å². The number of carbonyl (C=O) groups excluding carboxylic acids is 1. The van der Waals surface area contributed by atoms with Crippen LogP contribution in [0.25, 0.3) is 0 Å². The van der Waals surface area contributed by atoms with Crippen molar-refractivity contribution in [1.29, 1.82) is 5.26 Å². The zero-order valence-corrected chi connectivity index (χ0v) is 13.5. The van der Waals surface area contributed by atoms with E-state index in [0.717, 1.165) is 0 Å². The molecule has 0 bridgehead atoms. The molecule has 0 spiro atoms. The topological polar surface area (TPSA) is 72.7 Å². The van der Waals surface area contributed by atoms with Crippen molar-refractivity contribution in [2.45, 2.75) is 0 Å². The van der Waals surface area contributed by atoms with E-state index in [9.17, 15) is 4.79 Å². The molecule has 0 atom stereocenters. The van der Waals surface area contributed by atoms with Crippen molar-refractivity contribution in [3.63, 3.8) is 0 Å². The molecule has 1 aromatic heterocycles. The summed E-state index contributed by atoms with van der Waals surface area (Å²) in [6, 6.07) is 3.72. The predicted molar refractivity (Wildman–Crippen MR) is 85.5 cm³/mol. The monoisotopic (exact) mass is 335 g/mol. The molecule has 2 saturated heterocycles. The van der Waals surface area contributed by atoms with Crippen LogP contribution in [0.1, 0.15) is 5.56 Å². The van der Waals surface area contributed by atoms with E-state index in [2.05, 4.69) is 4.98 Å². The second kappa shape index (κ2) is 7.02. The lowest BCUT2D eigenvalue weighted by Gasteiger charge is -2.39. The Kier molecular flexibility index (Phi) is 4.84. The minimum atomic E-state index is 0.0758. The van der Waals surface area contributed by atoms with E-state index in [4.69, 9.17) is 21.6 Å². The number of hydrogen-bond acceptors (Lipinski definition) is 5. The van der Waals surface area contributed by atoms with Crippen LogP contribution in [-0.4, -0.2) is 73.3 Å². The zero-order chi connectivity index (χ0) is 16.2. The number of pyridine rings is 1. The molecular formula is C15H18ClN5O2. The van der Waals surface area contributed by atoms with Crippen molar-refractivity contribution < 1.29 is 9.53 Å². The van der Waals surface area contributed by atoms with Gasteiger partial charge in [-0.3, -0.25) is 0 Å². The smallest absolute Gasteiger partial charge is 0.320 e. The standard InChI is InChI=1S/C15H18ClN5O2/c16-13-9-12(10-17)11-18-14(13)19-1-3-20(4-2-19)15(22)21-5-7-23-8-6-21/h9,11H,1-8H2. The van der Waals surface area contributed by atoms with Crippen molar-refractivity contribution in [1.82, 2.24) is 14.8 Å².